The van der Waals surface area contributed by atoms with Crippen LogP contribution in [0.4, 0.5) is 0 Å². The molecule has 0 radical (unpaired) electrons. The molecule has 0 saturated carbocycles. The molecule has 1 aromatic carbocycles. The van der Waals surface area contributed by atoms with Gasteiger partial charge in [0.05, 0.1) is 0 Å². The van der Waals surface area contributed by atoms with Gasteiger partial charge in [-0.25, -0.2) is 0 Å². The fourth-order valence-electron chi connectivity index (χ4n) is 1.59. The molecule has 0 N–H and O–H groups in total. The van der Waals surface area contributed by atoms with E-state index in [9.17, 15) is 4.79 Å². The van der Waals surface area contributed by atoms with Gasteiger partial charge in [0.25, 0.3) is 0 Å². The number of hydrogen-bond donors (Lipinski definition) is 0. The highest BCUT2D eigenvalue weighted by Crippen LogP contribution is 2.21. The monoisotopic (exact) mass is 192 g/mol. The van der Waals surface area contributed by atoms with Gasteiger partial charge in [-0.05, 0) is 31.9 Å². The van der Waals surface area contributed by atoms with E-state index in [4.69, 9.17) is 4.74 Å². The number of rotatable bonds is 2. The molecule has 0 unspecified atom stereocenters. The van der Waals surface area contributed by atoms with Gasteiger partial charge in [0.15, 0.2) is 0 Å². The summed E-state index contributed by atoms with van der Waals surface area (Å²) < 4.78 is 5.12. The topological polar surface area (TPSA) is 26.3 Å². The maximum Gasteiger partial charge on any atom is 0.303 e. The van der Waals surface area contributed by atoms with E-state index in [1.165, 1.54) is 18.1 Å². The van der Waals surface area contributed by atoms with Crippen LogP contribution in [0.25, 0.3) is 0 Å². The summed E-state index contributed by atoms with van der Waals surface area (Å²) in [5, 5.41) is 0. The standard InChI is InChI=1S/C12H16O2/c1-8-5-6-12(9(2)7-8)10(3)14-11(4)13/h5-7,10H,1-4H3/t10-/m1/s1. The van der Waals surface area contributed by atoms with E-state index in [1.54, 1.807) is 0 Å². The number of ether oxygens (including phenoxy) is 1. The molecule has 2 heteroatoms. The fraction of sp³-hybridized carbons (Fsp3) is 0.417. The maximum absolute atomic E-state index is 10.8. The molecular formula is C12H16O2. The Hall–Kier alpha value is -1.31. The number of hydrogen-bond acceptors (Lipinski definition) is 2. The molecule has 1 aromatic rings. The summed E-state index contributed by atoms with van der Waals surface area (Å²) in [7, 11) is 0. The molecule has 76 valence electrons. The summed E-state index contributed by atoms with van der Waals surface area (Å²) in [5.74, 6) is -0.238. The van der Waals surface area contributed by atoms with Gasteiger partial charge in [-0.2, -0.15) is 0 Å². The van der Waals surface area contributed by atoms with E-state index < -0.39 is 0 Å². The normalized spacial score (nSPS) is 12.3. The Morgan fingerprint density at radius 2 is 2.00 bits per heavy atom. The highest BCUT2D eigenvalue weighted by molar-refractivity contribution is 5.66. The number of benzene rings is 1. The zero-order valence-corrected chi connectivity index (χ0v) is 9.13. The minimum absolute atomic E-state index is 0.159. The van der Waals surface area contributed by atoms with Gasteiger partial charge in [0.1, 0.15) is 6.10 Å². The van der Waals surface area contributed by atoms with Crippen molar-refractivity contribution in [3.05, 3.63) is 34.9 Å². The Bertz CT molecular complexity index is 342. The third kappa shape index (κ3) is 2.59. The quantitative estimate of drug-likeness (QED) is 0.673. The van der Waals surface area contributed by atoms with Gasteiger partial charge in [-0.15, -0.1) is 0 Å². The number of carbonyl (C=O) groups excluding carboxylic acids is 1. The molecule has 1 rings (SSSR count). The number of aryl methyl sites for hydroxylation is 2. The van der Waals surface area contributed by atoms with Gasteiger partial charge in [0.2, 0.25) is 0 Å². The van der Waals surface area contributed by atoms with Crippen molar-refractivity contribution in [3.63, 3.8) is 0 Å². The van der Waals surface area contributed by atoms with Crippen molar-refractivity contribution in [2.75, 3.05) is 0 Å². The molecule has 0 heterocycles. The average Bonchev–Trinajstić information content (AvgIpc) is 2.01. The lowest BCUT2D eigenvalue weighted by atomic mass is 10.0. The van der Waals surface area contributed by atoms with Crippen molar-refractivity contribution in [2.45, 2.75) is 33.8 Å². The van der Waals surface area contributed by atoms with Crippen LogP contribution in [0.3, 0.4) is 0 Å². The van der Waals surface area contributed by atoms with Crippen LogP contribution < -0.4 is 0 Å². The van der Waals surface area contributed by atoms with E-state index in [0.29, 0.717) is 0 Å². The molecule has 1 atom stereocenters. The van der Waals surface area contributed by atoms with Crippen LogP contribution in [0.5, 0.6) is 0 Å². The van der Waals surface area contributed by atoms with Crippen molar-refractivity contribution in [1.29, 1.82) is 0 Å². The van der Waals surface area contributed by atoms with E-state index in [2.05, 4.69) is 6.07 Å². The SMILES string of the molecule is CC(=O)O[C@H](C)c1ccc(C)cc1C. The molecule has 0 bridgehead atoms. The predicted octanol–water partition coefficient (Wildman–Crippen LogP) is 2.93. The average molecular weight is 192 g/mol. The first-order chi connectivity index (χ1) is 6.50. The van der Waals surface area contributed by atoms with E-state index >= 15 is 0 Å². The third-order valence-corrected chi connectivity index (χ3v) is 2.21. The summed E-state index contributed by atoms with van der Waals surface area (Å²) >= 11 is 0. The van der Waals surface area contributed by atoms with Crippen molar-refractivity contribution in [3.8, 4) is 0 Å². The first kappa shape index (κ1) is 10.8. The molecule has 0 spiro atoms. The van der Waals surface area contributed by atoms with Gasteiger partial charge in [0, 0.05) is 6.92 Å². The maximum atomic E-state index is 10.8. The Kier molecular flexibility index (Phi) is 3.28. The second-order valence-corrected chi connectivity index (χ2v) is 3.61. The summed E-state index contributed by atoms with van der Waals surface area (Å²) in [6, 6.07) is 6.13. The molecule has 0 fully saturated rings. The lowest BCUT2D eigenvalue weighted by Gasteiger charge is -2.14. The highest BCUT2D eigenvalue weighted by atomic mass is 16.5. The molecule has 0 aromatic heterocycles. The highest BCUT2D eigenvalue weighted by Gasteiger charge is 2.10. The summed E-state index contributed by atoms with van der Waals surface area (Å²) in [4.78, 5) is 10.8. The van der Waals surface area contributed by atoms with Gasteiger partial charge in [-0.1, -0.05) is 23.8 Å². The van der Waals surface area contributed by atoms with Crippen molar-refractivity contribution >= 4 is 5.97 Å². The van der Waals surface area contributed by atoms with Gasteiger partial charge >= 0.3 is 5.97 Å². The first-order valence-electron chi connectivity index (χ1n) is 4.75. The molecule has 0 aliphatic carbocycles. The van der Waals surface area contributed by atoms with Crippen LogP contribution in [-0.4, -0.2) is 5.97 Å². The van der Waals surface area contributed by atoms with Crippen LogP contribution in [0.15, 0.2) is 18.2 Å². The number of esters is 1. The van der Waals surface area contributed by atoms with Gasteiger partial charge < -0.3 is 4.74 Å². The molecule has 14 heavy (non-hydrogen) atoms. The zero-order chi connectivity index (χ0) is 10.7. The molecule has 0 saturated heterocycles. The van der Waals surface area contributed by atoms with Crippen LogP contribution in [0, 0.1) is 13.8 Å². The van der Waals surface area contributed by atoms with Gasteiger partial charge in [-0.3, -0.25) is 4.79 Å². The number of carbonyl (C=O) groups is 1. The summed E-state index contributed by atoms with van der Waals surface area (Å²) in [6.07, 6.45) is -0.159. The predicted molar refractivity (Wildman–Crippen MR) is 56.1 cm³/mol. The van der Waals surface area contributed by atoms with E-state index in [-0.39, 0.29) is 12.1 Å². The van der Waals surface area contributed by atoms with Crippen LogP contribution in [0.1, 0.15) is 36.6 Å². The van der Waals surface area contributed by atoms with Crippen LogP contribution in [-0.2, 0) is 9.53 Å². The Labute approximate surface area is 84.9 Å². The van der Waals surface area contributed by atoms with E-state index in [0.717, 1.165) is 5.56 Å². The molecule has 0 aliphatic heterocycles. The fourth-order valence-corrected chi connectivity index (χ4v) is 1.59. The van der Waals surface area contributed by atoms with Crippen LogP contribution in [0.2, 0.25) is 0 Å². The minimum atomic E-state index is -0.238. The molecule has 0 aliphatic rings. The Morgan fingerprint density at radius 3 is 2.50 bits per heavy atom. The second kappa shape index (κ2) is 4.27. The lowest BCUT2D eigenvalue weighted by Crippen LogP contribution is -2.06. The van der Waals surface area contributed by atoms with Crippen molar-refractivity contribution in [1.82, 2.24) is 0 Å². The van der Waals surface area contributed by atoms with Crippen LogP contribution >= 0.6 is 0 Å². The molecule has 2 nitrogen and oxygen atoms in total. The summed E-state index contributed by atoms with van der Waals surface area (Å²) in [6.45, 7) is 7.40. The zero-order valence-electron chi connectivity index (χ0n) is 9.13. The Balaban J connectivity index is 2.90. The third-order valence-electron chi connectivity index (χ3n) is 2.21. The second-order valence-electron chi connectivity index (χ2n) is 3.61. The van der Waals surface area contributed by atoms with E-state index in [1.807, 2.05) is 32.9 Å². The first-order valence-corrected chi connectivity index (χ1v) is 4.75. The summed E-state index contributed by atoms with van der Waals surface area (Å²) in [5.41, 5.74) is 3.46. The largest absolute Gasteiger partial charge is 0.458 e. The minimum Gasteiger partial charge on any atom is -0.458 e. The van der Waals surface area contributed by atoms with Crippen molar-refractivity contribution in [2.24, 2.45) is 0 Å². The lowest BCUT2D eigenvalue weighted by molar-refractivity contribution is -0.145. The smallest absolute Gasteiger partial charge is 0.303 e. The Morgan fingerprint density at radius 1 is 1.36 bits per heavy atom. The van der Waals surface area contributed by atoms with Crippen molar-refractivity contribution < 1.29 is 9.53 Å². The molecule has 0 amide bonds. The molecular weight excluding hydrogens is 176 g/mol.